The fourth-order valence-corrected chi connectivity index (χ4v) is 1.69. The average molecular weight is 255 g/mol. The quantitative estimate of drug-likeness (QED) is 0.771. The molecule has 0 aliphatic rings. The second kappa shape index (κ2) is 7.28. The van der Waals surface area contributed by atoms with E-state index in [9.17, 15) is 0 Å². The third kappa shape index (κ3) is 4.19. The number of nitrogens with one attached hydrogen (secondary N) is 1. The molecule has 2 aromatic rings. The Kier molecular flexibility index (Phi) is 5.07. The van der Waals surface area contributed by atoms with Crippen LogP contribution in [0.2, 0.25) is 0 Å². The van der Waals surface area contributed by atoms with Crippen LogP contribution in [0.5, 0.6) is 5.75 Å². The third-order valence-corrected chi connectivity index (χ3v) is 2.59. The maximum atomic E-state index is 5.61. The van der Waals surface area contributed by atoms with Gasteiger partial charge in [-0.05, 0) is 12.1 Å². The minimum Gasteiger partial charge on any atom is -0.489 e. The van der Waals surface area contributed by atoms with E-state index in [1.807, 2.05) is 30.3 Å². The second-order valence-electron chi connectivity index (χ2n) is 4.01. The summed E-state index contributed by atoms with van der Waals surface area (Å²) in [6.07, 6.45) is 5.04. The zero-order valence-corrected chi connectivity index (χ0v) is 10.7. The van der Waals surface area contributed by atoms with Gasteiger partial charge in [0.15, 0.2) is 0 Å². The van der Waals surface area contributed by atoms with Gasteiger partial charge in [-0.2, -0.15) is 0 Å². The summed E-state index contributed by atoms with van der Waals surface area (Å²) < 4.78 is 5.61. The Balaban J connectivity index is 1.90. The van der Waals surface area contributed by atoms with E-state index in [-0.39, 0.29) is 0 Å². The lowest BCUT2D eigenvalue weighted by Crippen LogP contribution is -2.14. The van der Waals surface area contributed by atoms with Crippen molar-refractivity contribution in [1.82, 2.24) is 15.3 Å². The highest BCUT2D eigenvalue weighted by Crippen LogP contribution is 2.17. The molecule has 19 heavy (non-hydrogen) atoms. The maximum Gasteiger partial charge on any atom is 0.124 e. The number of hydrogen-bond acceptors (Lipinski definition) is 4. The summed E-state index contributed by atoms with van der Waals surface area (Å²) in [5.41, 5.74) is 2.10. The number of nitrogens with zero attached hydrogens (tertiary/aromatic N) is 2. The molecule has 0 atom stereocenters. The number of para-hydroxylation sites is 1. The van der Waals surface area contributed by atoms with Crippen molar-refractivity contribution in [2.45, 2.75) is 13.1 Å². The Labute approximate surface area is 113 Å². The van der Waals surface area contributed by atoms with Gasteiger partial charge in [0.2, 0.25) is 0 Å². The van der Waals surface area contributed by atoms with Crippen LogP contribution in [0.25, 0.3) is 0 Å². The van der Waals surface area contributed by atoms with Gasteiger partial charge in [-0.15, -0.1) is 0 Å². The largest absolute Gasteiger partial charge is 0.489 e. The first-order valence-electron chi connectivity index (χ1n) is 6.17. The summed E-state index contributed by atoms with van der Waals surface area (Å²) in [4.78, 5) is 8.06. The molecule has 4 heteroatoms. The van der Waals surface area contributed by atoms with Crippen molar-refractivity contribution in [2.75, 3.05) is 6.61 Å². The van der Waals surface area contributed by atoms with Gasteiger partial charge in [0.1, 0.15) is 18.7 Å². The van der Waals surface area contributed by atoms with Gasteiger partial charge >= 0.3 is 0 Å². The monoisotopic (exact) mass is 255 g/mol. The van der Waals surface area contributed by atoms with Crippen LogP contribution in [0.15, 0.2) is 55.5 Å². The molecule has 0 spiro atoms. The van der Waals surface area contributed by atoms with Crippen molar-refractivity contribution in [1.29, 1.82) is 0 Å². The van der Waals surface area contributed by atoms with Crippen LogP contribution < -0.4 is 10.1 Å². The van der Waals surface area contributed by atoms with Crippen LogP contribution in [0.4, 0.5) is 0 Å². The Bertz CT molecular complexity index is 514. The molecule has 0 unspecified atom stereocenters. The van der Waals surface area contributed by atoms with Gasteiger partial charge in [-0.25, -0.2) is 9.97 Å². The molecule has 0 fully saturated rings. The van der Waals surface area contributed by atoms with E-state index in [1.54, 1.807) is 18.6 Å². The minimum atomic E-state index is 0.517. The fourth-order valence-electron chi connectivity index (χ4n) is 1.69. The summed E-state index contributed by atoms with van der Waals surface area (Å²) in [6, 6.07) is 9.87. The zero-order valence-electron chi connectivity index (χ0n) is 10.7. The molecule has 0 saturated carbocycles. The fraction of sp³-hybridized carbons (Fsp3) is 0.200. The first-order chi connectivity index (χ1) is 9.40. The van der Waals surface area contributed by atoms with Crippen molar-refractivity contribution in [3.05, 3.63) is 66.8 Å². The number of rotatable bonds is 7. The summed E-state index contributed by atoms with van der Waals surface area (Å²) in [7, 11) is 0. The molecular weight excluding hydrogens is 238 g/mol. The SMILES string of the molecule is C=CCOc1ccccc1CNCc1ccncn1. The van der Waals surface area contributed by atoms with E-state index in [4.69, 9.17) is 4.74 Å². The number of benzene rings is 1. The van der Waals surface area contributed by atoms with Crippen LogP contribution in [0, 0.1) is 0 Å². The Morgan fingerprint density at radius 3 is 2.89 bits per heavy atom. The van der Waals surface area contributed by atoms with Crippen LogP contribution in [-0.2, 0) is 13.1 Å². The molecule has 1 N–H and O–H groups in total. The molecule has 0 amide bonds. The Morgan fingerprint density at radius 2 is 2.11 bits per heavy atom. The zero-order chi connectivity index (χ0) is 13.3. The summed E-state index contributed by atoms with van der Waals surface area (Å²) in [6.45, 7) is 5.61. The molecular formula is C15H17N3O. The minimum absolute atomic E-state index is 0.517. The van der Waals surface area contributed by atoms with E-state index < -0.39 is 0 Å². The van der Waals surface area contributed by atoms with Gasteiger partial charge in [-0.3, -0.25) is 0 Å². The number of hydrogen-bond donors (Lipinski definition) is 1. The smallest absolute Gasteiger partial charge is 0.124 e. The number of aromatic nitrogens is 2. The van der Waals surface area contributed by atoms with Crippen molar-refractivity contribution < 1.29 is 4.74 Å². The predicted molar refractivity (Wildman–Crippen MR) is 74.7 cm³/mol. The van der Waals surface area contributed by atoms with E-state index >= 15 is 0 Å². The van der Waals surface area contributed by atoms with Crippen LogP contribution in [0.3, 0.4) is 0 Å². The molecule has 2 rings (SSSR count). The molecule has 1 heterocycles. The topological polar surface area (TPSA) is 47.0 Å². The van der Waals surface area contributed by atoms with Gasteiger partial charge in [0, 0.05) is 24.8 Å². The highest BCUT2D eigenvalue weighted by molar-refractivity contribution is 5.33. The van der Waals surface area contributed by atoms with E-state index in [0.717, 1.165) is 23.6 Å². The van der Waals surface area contributed by atoms with Gasteiger partial charge in [-0.1, -0.05) is 30.9 Å². The Morgan fingerprint density at radius 1 is 1.21 bits per heavy atom. The van der Waals surface area contributed by atoms with Crippen LogP contribution in [-0.4, -0.2) is 16.6 Å². The second-order valence-corrected chi connectivity index (χ2v) is 4.01. The molecule has 98 valence electrons. The first kappa shape index (κ1) is 13.2. The van der Waals surface area contributed by atoms with Gasteiger partial charge in [0.05, 0.1) is 5.69 Å². The molecule has 1 aromatic carbocycles. The lowest BCUT2D eigenvalue weighted by atomic mass is 10.2. The maximum absolute atomic E-state index is 5.61. The van der Waals surface area contributed by atoms with Crippen LogP contribution in [0.1, 0.15) is 11.3 Å². The first-order valence-corrected chi connectivity index (χ1v) is 6.17. The predicted octanol–water partition coefficient (Wildman–Crippen LogP) is 2.33. The van der Waals surface area contributed by atoms with Gasteiger partial charge in [0.25, 0.3) is 0 Å². The average Bonchev–Trinajstić information content (AvgIpc) is 2.47. The van der Waals surface area contributed by atoms with Gasteiger partial charge < -0.3 is 10.1 Å². The highest BCUT2D eigenvalue weighted by Gasteiger charge is 2.02. The van der Waals surface area contributed by atoms with E-state index in [2.05, 4.69) is 21.9 Å². The molecule has 0 bridgehead atoms. The standard InChI is InChI=1S/C15H17N3O/c1-2-9-19-15-6-4-3-5-13(15)10-17-11-14-7-8-16-12-18-14/h2-8,12,17H,1,9-11H2. The van der Waals surface area contributed by atoms with Crippen molar-refractivity contribution in [3.8, 4) is 5.75 Å². The van der Waals surface area contributed by atoms with Crippen LogP contribution >= 0.6 is 0 Å². The molecule has 1 aromatic heterocycles. The summed E-state index contributed by atoms with van der Waals surface area (Å²) in [5.74, 6) is 0.887. The molecule has 4 nitrogen and oxygen atoms in total. The molecule has 0 saturated heterocycles. The summed E-state index contributed by atoms with van der Waals surface area (Å²) >= 11 is 0. The lowest BCUT2D eigenvalue weighted by Gasteiger charge is -2.10. The third-order valence-electron chi connectivity index (χ3n) is 2.59. The molecule has 0 aliphatic heterocycles. The van der Waals surface area contributed by atoms with Crippen molar-refractivity contribution in [3.63, 3.8) is 0 Å². The van der Waals surface area contributed by atoms with Crippen molar-refractivity contribution in [2.24, 2.45) is 0 Å². The highest BCUT2D eigenvalue weighted by atomic mass is 16.5. The normalized spacial score (nSPS) is 10.1. The van der Waals surface area contributed by atoms with E-state index in [1.165, 1.54) is 0 Å². The van der Waals surface area contributed by atoms with E-state index in [0.29, 0.717) is 13.2 Å². The van der Waals surface area contributed by atoms with Crippen molar-refractivity contribution >= 4 is 0 Å². The summed E-state index contributed by atoms with van der Waals surface area (Å²) in [5, 5.41) is 3.34. The lowest BCUT2D eigenvalue weighted by molar-refractivity contribution is 0.358. The number of ether oxygens (including phenoxy) is 1. The molecule has 0 aliphatic carbocycles. The Hall–Kier alpha value is -2.20. The molecule has 0 radical (unpaired) electrons.